The van der Waals surface area contributed by atoms with Crippen LogP contribution in [0.3, 0.4) is 0 Å². The summed E-state index contributed by atoms with van der Waals surface area (Å²) in [6, 6.07) is 10.8. The summed E-state index contributed by atoms with van der Waals surface area (Å²) in [6.45, 7) is 5.62. The van der Waals surface area contributed by atoms with Crippen LogP contribution in [0, 0.1) is 0 Å². The van der Waals surface area contributed by atoms with Gasteiger partial charge in [-0.1, -0.05) is 44.2 Å². The minimum absolute atomic E-state index is 0.0407. The molecular weight excluding hydrogens is 402 g/mol. The van der Waals surface area contributed by atoms with Crippen LogP contribution in [-0.2, 0) is 9.47 Å². The van der Waals surface area contributed by atoms with Gasteiger partial charge < -0.3 is 14.4 Å². The van der Waals surface area contributed by atoms with Gasteiger partial charge in [0, 0.05) is 18.2 Å². The molecule has 1 aliphatic carbocycles. The lowest BCUT2D eigenvalue weighted by Gasteiger charge is -2.41. The lowest BCUT2D eigenvalue weighted by molar-refractivity contribution is -0.0243. The summed E-state index contributed by atoms with van der Waals surface area (Å²) in [5.41, 5.74) is 3.82. The van der Waals surface area contributed by atoms with Crippen molar-refractivity contribution >= 4 is 6.09 Å². The van der Waals surface area contributed by atoms with Crippen LogP contribution in [0.4, 0.5) is 4.79 Å². The highest BCUT2D eigenvalue weighted by atomic mass is 16.5. The fraction of sp³-hybridized carbons (Fsp3) is 0.615. The maximum absolute atomic E-state index is 12.6. The maximum Gasteiger partial charge on any atom is 0.409 e. The smallest absolute Gasteiger partial charge is 0.409 e. The first-order valence-electron chi connectivity index (χ1n) is 12.1. The molecule has 2 atom stereocenters. The first-order valence-corrected chi connectivity index (χ1v) is 12.1. The number of piperidine rings is 1. The molecule has 2 heterocycles. The van der Waals surface area contributed by atoms with Crippen LogP contribution in [0.2, 0.25) is 0 Å². The molecule has 6 heteroatoms. The van der Waals surface area contributed by atoms with Gasteiger partial charge in [-0.3, -0.25) is 5.10 Å². The van der Waals surface area contributed by atoms with E-state index in [1.807, 2.05) is 11.1 Å². The summed E-state index contributed by atoms with van der Waals surface area (Å²) in [4.78, 5) is 14.5. The molecule has 6 nitrogen and oxygen atoms in total. The molecule has 1 saturated carbocycles. The van der Waals surface area contributed by atoms with Crippen molar-refractivity contribution in [3.8, 4) is 0 Å². The van der Waals surface area contributed by atoms with E-state index < -0.39 is 0 Å². The quantitative estimate of drug-likeness (QED) is 0.637. The number of carbonyl (C=O) groups is 1. The zero-order valence-corrected chi connectivity index (χ0v) is 19.6. The molecule has 1 saturated heterocycles. The van der Waals surface area contributed by atoms with E-state index in [0.29, 0.717) is 25.0 Å². The Balaban J connectivity index is 1.43. The number of H-pyrrole nitrogens is 1. The molecule has 32 heavy (non-hydrogen) atoms. The third-order valence-corrected chi connectivity index (χ3v) is 7.33. The molecule has 1 amide bonds. The van der Waals surface area contributed by atoms with E-state index in [1.54, 1.807) is 0 Å². The van der Waals surface area contributed by atoms with Crippen LogP contribution in [0.1, 0.15) is 86.9 Å². The van der Waals surface area contributed by atoms with Gasteiger partial charge in [-0.15, -0.1) is 0 Å². The van der Waals surface area contributed by atoms with Gasteiger partial charge in [-0.2, -0.15) is 5.10 Å². The molecule has 2 aromatic rings. The van der Waals surface area contributed by atoms with Crippen LogP contribution in [-0.4, -0.2) is 53.6 Å². The molecule has 1 aromatic heterocycles. The Morgan fingerprint density at radius 1 is 1.16 bits per heavy atom. The van der Waals surface area contributed by atoms with Crippen LogP contribution >= 0.6 is 0 Å². The predicted molar refractivity (Wildman–Crippen MR) is 125 cm³/mol. The lowest BCUT2D eigenvalue weighted by atomic mass is 9.82. The highest BCUT2D eigenvalue weighted by Gasteiger charge is 2.38. The average molecular weight is 440 g/mol. The van der Waals surface area contributed by atoms with Crippen molar-refractivity contribution in [3.05, 3.63) is 53.3 Å². The minimum Gasteiger partial charge on any atom is -0.453 e. The van der Waals surface area contributed by atoms with Gasteiger partial charge in [0.05, 0.1) is 32.1 Å². The first kappa shape index (κ1) is 22.8. The molecule has 1 N–H and O–H groups in total. The molecule has 0 spiro atoms. The number of amides is 1. The number of methoxy groups -OCH3 is 1. The number of nitrogens with zero attached hydrogens (tertiary/aromatic N) is 2. The Hall–Kier alpha value is -2.34. The van der Waals surface area contributed by atoms with Crippen LogP contribution in [0.25, 0.3) is 0 Å². The van der Waals surface area contributed by atoms with Gasteiger partial charge in [-0.05, 0) is 61.5 Å². The normalized spacial score (nSPS) is 26.3. The van der Waals surface area contributed by atoms with Crippen LogP contribution < -0.4 is 0 Å². The summed E-state index contributed by atoms with van der Waals surface area (Å²) in [5.74, 6) is 1.19. The zero-order valence-electron chi connectivity index (χ0n) is 19.6. The average Bonchev–Trinajstić information content (AvgIpc) is 3.33. The monoisotopic (exact) mass is 439 g/mol. The van der Waals surface area contributed by atoms with E-state index in [4.69, 9.17) is 9.47 Å². The van der Waals surface area contributed by atoms with E-state index in [2.05, 4.69) is 54.4 Å². The topological polar surface area (TPSA) is 67.5 Å². The number of nitrogens with one attached hydrogen (secondary N) is 1. The van der Waals surface area contributed by atoms with Gasteiger partial charge in [0.2, 0.25) is 0 Å². The van der Waals surface area contributed by atoms with E-state index in [0.717, 1.165) is 44.2 Å². The Morgan fingerprint density at radius 2 is 1.91 bits per heavy atom. The Bertz CT molecular complexity index is 858. The van der Waals surface area contributed by atoms with Crippen molar-refractivity contribution in [2.24, 2.45) is 0 Å². The van der Waals surface area contributed by atoms with Gasteiger partial charge in [0.1, 0.15) is 0 Å². The summed E-state index contributed by atoms with van der Waals surface area (Å²) >= 11 is 0. The van der Waals surface area contributed by atoms with E-state index >= 15 is 0 Å². The number of hydrogen-bond acceptors (Lipinski definition) is 4. The third-order valence-electron chi connectivity index (χ3n) is 7.33. The Labute approximate surface area is 191 Å². The predicted octanol–water partition coefficient (Wildman–Crippen LogP) is 5.59. The molecule has 1 aromatic carbocycles. The molecular formula is C26H37N3O3. The van der Waals surface area contributed by atoms with E-state index in [1.165, 1.54) is 18.2 Å². The molecule has 0 radical (unpaired) electrons. The second-order valence-corrected chi connectivity index (χ2v) is 9.59. The summed E-state index contributed by atoms with van der Waals surface area (Å²) < 4.78 is 11.6. The first-order chi connectivity index (χ1) is 15.6. The van der Waals surface area contributed by atoms with Crippen LogP contribution in [0.15, 0.2) is 36.5 Å². The van der Waals surface area contributed by atoms with Crippen LogP contribution in [0.5, 0.6) is 0 Å². The third kappa shape index (κ3) is 5.01. The van der Waals surface area contributed by atoms with Gasteiger partial charge >= 0.3 is 6.09 Å². The molecule has 2 aliphatic rings. The van der Waals surface area contributed by atoms with E-state index in [-0.39, 0.29) is 24.2 Å². The summed E-state index contributed by atoms with van der Waals surface area (Å²) in [6.07, 6.45) is 8.33. The highest BCUT2D eigenvalue weighted by Crippen LogP contribution is 2.38. The SMILES string of the molecule is COC(=O)N1CCC[C@@H](c2[nH]ncc2C(C)C)C1COC1CCC(c2ccccc2)CC1. The maximum atomic E-state index is 12.6. The second-order valence-electron chi connectivity index (χ2n) is 9.59. The number of benzene rings is 1. The number of rotatable bonds is 6. The molecule has 4 rings (SSSR count). The largest absolute Gasteiger partial charge is 0.453 e. The summed E-state index contributed by atoms with van der Waals surface area (Å²) in [7, 11) is 1.46. The molecule has 1 unspecified atom stereocenters. The lowest BCUT2D eigenvalue weighted by Crippen LogP contribution is -2.50. The number of ether oxygens (including phenoxy) is 2. The molecule has 1 aliphatic heterocycles. The molecule has 2 fully saturated rings. The van der Waals surface area contributed by atoms with Crippen molar-refractivity contribution < 1.29 is 14.3 Å². The van der Waals surface area contributed by atoms with Crippen molar-refractivity contribution in [3.63, 3.8) is 0 Å². The van der Waals surface area contributed by atoms with Gasteiger partial charge in [-0.25, -0.2) is 4.79 Å². The number of hydrogen-bond donors (Lipinski definition) is 1. The minimum atomic E-state index is -0.262. The highest BCUT2D eigenvalue weighted by molar-refractivity contribution is 5.68. The van der Waals surface area contributed by atoms with Crippen molar-refractivity contribution in [2.45, 2.75) is 82.3 Å². The number of aromatic nitrogens is 2. The fourth-order valence-electron chi connectivity index (χ4n) is 5.53. The van der Waals surface area contributed by atoms with Crippen molar-refractivity contribution in [2.75, 3.05) is 20.3 Å². The Morgan fingerprint density at radius 3 is 2.59 bits per heavy atom. The number of aromatic amines is 1. The standard InChI is InChI=1S/C26H37N3O3/c1-18(2)23-16-27-28-25(23)22-10-7-15-29(26(30)31-3)24(22)17-32-21-13-11-20(12-14-21)19-8-5-4-6-9-19/h4-6,8-9,16,18,20-22,24H,7,10-15,17H2,1-3H3,(H,27,28)/t20?,21?,22-,24?/m1/s1. The molecule has 0 bridgehead atoms. The van der Waals surface area contributed by atoms with Crippen molar-refractivity contribution in [1.29, 1.82) is 0 Å². The second kappa shape index (κ2) is 10.5. The van der Waals surface area contributed by atoms with Crippen molar-refractivity contribution in [1.82, 2.24) is 15.1 Å². The van der Waals surface area contributed by atoms with Gasteiger partial charge in [0.25, 0.3) is 0 Å². The Kier molecular flexibility index (Phi) is 7.51. The zero-order chi connectivity index (χ0) is 22.5. The fourth-order valence-corrected chi connectivity index (χ4v) is 5.53. The van der Waals surface area contributed by atoms with E-state index in [9.17, 15) is 4.79 Å². The number of carbonyl (C=O) groups excluding carboxylic acids is 1. The summed E-state index contributed by atoms with van der Waals surface area (Å²) in [5, 5.41) is 7.57. The number of likely N-dealkylation sites (tertiary alicyclic amines) is 1. The molecule has 174 valence electrons. The van der Waals surface area contributed by atoms with Gasteiger partial charge in [0.15, 0.2) is 0 Å².